The molecule has 9 nitrogen and oxygen atoms in total. The first-order valence-corrected chi connectivity index (χ1v) is 20.0. The number of aryl methyl sites for hydroxylation is 2. The molecular weight excluding hydrogens is 732 g/mol. The second-order valence-electron chi connectivity index (χ2n) is 16.1. The van der Waals surface area contributed by atoms with Gasteiger partial charge in [0, 0.05) is 59.6 Å². The molecule has 1 aromatic heterocycles. The van der Waals surface area contributed by atoms with Gasteiger partial charge in [-0.25, -0.2) is 0 Å². The number of hydrogen-bond donors (Lipinski definition) is 2. The van der Waals surface area contributed by atoms with Crippen molar-refractivity contribution in [3.8, 4) is 11.5 Å². The quantitative estimate of drug-likeness (QED) is 0.201. The highest BCUT2D eigenvalue weighted by molar-refractivity contribution is 5.80. The maximum atomic E-state index is 12.9. The lowest BCUT2D eigenvalue weighted by molar-refractivity contribution is -0.137. The number of alkyl halides is 3. The van der Waals surface area contributed by atoms with Crippen LogP contribution in [-0.2, 0) is 35.2 Å². The first-order valence-electron chi connectivity index (χ1n) is 20.0. The van der Waals surface area contributed by atoms with E-state index in [2.05, 4.69) is 71.3 Å². The Morgan fingerprint density at radius 1 is 0.754 bits per heavy atom. The number of likely N-dealkylation sites (tertiary alicyclic amines) is 2. The number of pyridine rings is 1. The summed E-state index contributed by atoms with van der Waals surface area (Å²) < 4.78 is 50.2. The Labute approximate surface area is 334 Å². The van der Waals surface area contributed by atoms with Crippen molar-refractivity contribution in [3.63, 3.8) is 0 Å². The molecule has 0 spiro atoms. The molecule has 2 N–H and O–H groups in total. The minimum absolute atomic E-state index is 0.0236. The number of halogens is 3. The molecule has 57 heavy (non-hydrogen) atoms. The van der Waals surface area contributed by atoms with Gasteiger partial charge >= 0.3 is 6.18 Å². The summed E-state index contributed by atoms with van der Waals surface area (Å²) in [4.78, 5) is 32.0. The van der Waals surface area contributed by atoms with Crippen LogP contribution in [0.2, 0.25) is 0 Å². The molecule has 0 bridgehead atoms. The number of carbonyl (C=O) groups is 2. The average molecular weight is 788 g/mol. The van der Waals surface area contributed by atoms with Crippen LogP contribution < -0.4 is 20.1 Å². The lowest BCUT2D eigenvalue weighted by Crippen LogP contribution is -2.53. The summed E-state index contributed by atoms with van der Waals surface area (Å²) in [6.07, 6.45) is 0.761. The summed E-state index contributed by atoms with van der Waals surface area (Å²) in [5.74, 6) is 2.68. The third-order valence-electron chi connectivity index (χ3n) is 11.5. The zero-order valence-electron chi connectivity index (χ0n) is 34.0. The number of nitrogens with zero attached hydrogens (tertiary/aromatic N) is 3. The first kappa shape index (κ1) is 41.9. The van der Waals surface area contributed by atoms with Crippen LogP contribution in [0.4, 0.5) is 13.2 Å². The van der Waals surface area contributed by atoms with Crippen LogP contribution in [0.1, 0.15) is 74.0 Å². The predicted octanol–water partition coefficient (Wildman–Crippen LogP) is 7.20. The monoisotopic (exact) mass is 787 g/mol. The molecule has 0 saturated carbocycles. The van der Waals surface area contributed by atoms with Crippen molar-refractivity contribution in [1.82, 2.24) is 25.4 Å². The molecular formula is C45H56F3N5O4. The van der Waals surface area contributed by atoms with E-state index in [1.165, 1.54) is 44.5 Å². The number of carbonyl (C=O) groups excluding carboxylic acids is 2. The molecule has 0 radical (unpaired) electrons. The van der Waals surface area contributed by atoms with E-state index in [9.17, 15) is 22.8 Å². The van der Waals surface area contributed by atoms with Crippen LogP contribution in [0.5, 0.6) is 11.5 Å². The number of benzene rings is 2. The summed E-state index contributed by atoms with van der Waals surface area (Å²) in [7, 11) is 3.39. The van der Waals surface area contributed by atoms with Crippen LogP contribution >= 0.6 is 0 Å². The standard InChI is InChI=1S/C24H26F3N3O2.C21H30N2O2/c1-15-17(11-30-12-18(13-30)23(31)28-2)4-3-16-9-21(5-6-22(15)16)32-14-20-10-19(7-8-29-20)24(25,26)27;1-14(2)13-25-19-7-8-20-15(3)17(6-5-16(20)9-19)10-23-11-18(12-23)21(24)22-4/h5-10,18H,3-4,11-14H2,1-2H3,(H,28,31);7-9,14,18H,5-6,10-13H2,1-4H3,(H,22,24). The number of rotatable bonds is 12. The van der Waals surface area contributed by atoms with Crippen molar-refractivity contribution in [2.45, 2.75) is 66.2 Å². The number of amides is 2. The number of ether oxygens (including phenoxy) is 2. The molecule has 4 aliphatic rings. The fourth-order valence-corrected chi connectivity index (χ4v) is 8.02. The number of nitrogens with one attached hydrogen (secondary N) is 2. The lowest BCUT2D eigenvalue weighted by Gasteiger charge is -2.39. The van der Waals surface area contributed by atoms with Crippen molar-refractivity contribution in [2.24, 2.45) is 17.8 Å². The van der Waals surface area contributed by atoms with Crippen molar-refractivity contribution in [1.29, 1.82) is 0 Å². The van der Waals surface area contributed by atoms with E-state index in [4.69, 9.17) is 9.47 Å². The van der Waals surface area contributed by atoms with Gasteiger partial charge in [-0.2, -0.15) is 13.2 Å². The van der Waals surface area contributed by atoms with E-state index in [1.54, 1.807) is 14.1 Å². The maximum absolute atomic E-state index is 12.9. The summed E-state index contributed by atoms with van der Waals surface area (Å²) in [5, 5.41) is 5.45. The molecule has 2 aromatic carbocycles. The van der Waals surface area contributed by atoms with E-state index in [0.717, 1.165) is 95.6 Å². The highest BCUT2D eigenvalue weighted by atomic mass is 19.4. The lowest BCUT2D eigenvalue weighted by atomic mass is 9.85. The highest BCUT2D eigenvalue weighted by Crippen LogP contribution is 2.36. The van der Waals surface area contributed by atoms with Crippen LogP contribution in [0.15, 0.2) is 65.9 Å². The largest absolute Gasteiger partial charge is 0.493 e. The molecule has 3 heterocycles. The third-order valence-corrected chi connectivity index (χ3v) is 11.5. The zero-order chi connectivity index (χ0) is 40.9. The van der Waals surface area contributed by atoms with Crippen molar-refractivity contribution >= 4 is 23.0 Å². The van der Waals surface area contributed by atoms with Gasteiger partial charge in [0.25, 0.3) is 0 Å². The Morgan fingerprint density at radius 2 is 1.25 bits per heavy atom. The Kier molecular flexibility index (Phi) is 13.4. The van der Waals surface area contributed by atoms with Crippen LogP contribution in [-0.4, -0.2) is 86.6 Å². The molecule has 2 amide bonds. The fourth-order valence-electron chi connectivity index (χ4n) is 8.02. The second kappa shape index (κ2) is 18.3. The maximum Gasteiger partial charge on any atom is 0.416 e. The summed E-state index contributed by atoms with van der Waals surface area (Å²) >= 11 is 0. The molecule has 2 saturated heterocycles. The normalized spacial score (nSPS) is 17.5. The number of hydrogen-bond acceptors (Lipinski definition) is 7. The van der Waals surface area contributed by atoms with E-state index in [-0.39, 0.29) is 36.0 Å². The Morgan fingerprint density at radius 3 is 1.70 bits per heavy atom. The van der Waals surface area contributed by atoms with Gasteiger partial charge in [0.05, 0.1) is 29.7 Å². The SMILES string of the molecule is CNC(=O)C1CN(CC2=C(C)c3ccc(OCC(C)C)cc3CC2)C1.CNC(=O)C1CN(CC2=C(C)c3ccc(OCc4cc(C(F)(F)F)ccn4)cc3CC2)C1. The van der Waals surface area contributed by atoms with Crippen molar-refractivity contribution < 1.29 is 32.2 Å². The van der Waals surface area contributed by atoms with Gasteiger partial charge in [-0.3, -0.25) is 24.4 Å². The molecule has 12 heteroatoms. The molecule has 2 aliphatic heterocycles. The van der Waals surface area contributed by atoms with Crippen molar-refractivity contribution in [3.05, 3.63) is 99.4 Å². The van der Waals surface area contributed by atoms with Gasteiger partial charge in [-0.1, -0.05) is 37.1 Å². The van der Waals surface area contributed by atoms with Gasteiger partial charge in [-0.15, -0.1) is 0 Å². The second-order valence-corrected chi connectivity index (χ2v) is 16.1. The minimum atomic E-state index is -4.40. The van der Waals surface area contributed by atoms with Crippen LogP contribution in [0.3, 0.4) is 0 Å². The average Bonchev–Trinajstić information content (AvgIpc) is 3.16. The Bertz CT molecular complexity index is 2000. The molecule has 7 rings (SSSR count). The van der Waals surface area contributed by atoms with E-state index in [1.807, 2.05) is 18.2 Å². The molecule has 0 atom stereocenters. The third kappa shape index (κ3) is 10.4. The predicted molar refractivity (Wildman–Crippen MR) is 217 cm³/mol. The van der Waals surface area contributed by atoms with Crippen LogP contribution in [0, 0.1) is 17.8 Å². The van der Waals surface area contributed by atoms with E-state index < -0.39 is 11.7 Å². The summed E-state index contributed by atoms with van der Waals surface area (Å²) in [5.41, 5.74) is 10.2. The molecule has 0 unspecified atom stereocenters. The van der Waals surface area contributed by atoms with Gasteiger partial charge < -0.3 is 20.1 Å². The van der Waals surface area contributed by atoms with Gasteiger partial charge in [0.1, 0.15) is 18.1 Å². The zero-order valence-corrected chi connectivity index (χ0v) is 34.0. The first-order chi connectivity index (χ1) is 27.2. The smallest absolute Gasteiger partial charge is 0.416 e. The number of allylic oxidation sites excluding steroid dienone is 2. The van der Waals surface area contributed by atoms with Gasteiger partial charge in [0.2, 0.25) is 11.8 Å². The van der Waals surface area contributed by atoms with E-state index in [0.29, 0.717) is 11.7 Å². The molecule has 306 valence electrons. The Hall–Kier alpha value is -4.68. The van der Waals surface area contributed by atoms with Gasteiger partial charge in [-0.05, 0) is 115 Å². The number of aromatic nitrogens is 1. The molecule has 2 aliphatic carbocycles. The van der Waals surface area contributed by atoms with Crippen LogP contribution in [0.25, 0.3) is 11.1 Å². The highest BCUT2D eigenvalue weighted by Gasteiger charge is 2.34. The van der Waals surface area contributed by atoms with Gasteiger partial charge in [0.15, 0.2) is 0 Å². The number of fused-ring (bicyclic) bond motifs is 2. The summed E-state index contributed by atoms with van der Waals surface area (Å²) in [6, 6.07) is 14.3. The topological polar surface area (TPSA) is 96.0 Å². The fraction of sp³-hybridized carbons (Fsp3) is 0.489. The molecule has 3 aromatic rings. The minimum Gasteiger partial charge on any atom is -0.493 e. The Balaban J connectivity index is 0.000000199. The molecule has 2 fully saturated rings. The summed E-state index contributed by atoms with van der Waals surface area (Å²) in [6.45, 7) is 14.6. The van der Waals surface area contributed by atoms with Crippen molar-refractivity contribution in [2.75, 3.05) is 60.0 Å². The van der Waals surface area contributed by atoms with E-state index >= 15 is 0 Å².